The number of amides is 1. The zero-order chi connectivity index (χ0) is 21.9. The van der Waals surface area contributed by atoms with Gasteiger partial charge in [-0.05, 0) is 44.3 Å². The normalized spacial score (nSPS) is 16.6. The van der Waals surface area contributed by atoms with E-state index in [-0.39, 0.29) is 11.3 Å². The Bertz CT molecular complexity index is 856. The highest BCUT2D eigenvalue weighted by atomic mass is 16.2. The molecule has 6 heteroatoms. The Morgan fingerprint density at radius 3 is 2.60 bits per heavy atom. The largest absolute Gasteiger partial charge is 0.336 e. The van der Waals surface area contributed by atoms with Gasteiger partial charge >= 0.3 is 0 Å². The van der Waals surface area contributed by atoms with E-state index in [0.717, 1.165) is 43.5 Å². The Morgan fingerprint density at radius 2 is 1.93 bits per heavy atom. The van der Waals surface area contributed by atoms with Gasteiger partial charge < -0.3 is 15.1 Å². The molecule has 1 heterocycles. The van der Waals surface area contributed by atoms with E-state index in [4.69, 9.17) is 0 Å². The highest BCUT2D eigenvalue weighted by Gasteiger charge is 2.30. The number of hydrogen-bond donors (Lipinski definition) is 1. The van der Waals surface area contributed by atoms with Crippen molar-refractivity contribution in [3.8, 4) is 0 Å². The molecule has 1 aromatic carbocycles. The number of carbonyl (C=O) groups excluding carboxylic acids is 1. The summed E-state index contributed by atoms with van der Waals surface area (Å²) in [5, 5.41) is 8.39. The van der Waals surface area contributed by atoms with Crippen molar-refractivity contribution in [3.05, 3.63) is 52.8 Å². The summed E-state index contributed by atoms with van der Waals surface area (Å²) in [7, 11) is 8.06. The van der Waals surface area contributed by atoms with Gasteiger partial charge in [0.05, 0.1) is 0 Å². The molecule has 0 spiro atoms. The highest BCUT2D eigenvalue weighted by Crippen LogP contribution is 2.26. The first-order chi connectivity index (χ1) is 14.2. The molecule has 30 heavy (non-hydrogen) atoms. The fourth-order valence-electron chi connectivity index (χ4n) is 4.58. The van der Waals surface area contributed by atoms with Crippen LogP contribution in [0.3, 0.4) is 0 Å². The summed E-state index contributed by atoms with van der Waals surface area (Å²) in [5.41, 5.74) is 4.27. The first kappa shape index (κ1) is 22.5. The van der Waals surface area contributed by atoms with E-state index in [1.165, 1.54) is 5.69 Å². The molecule has 2 aromatic rings. The van der Waals surface area contributed by atoms with E-state index in [1.807, 2.05) is 49.1 Å². The molecule has 1 aromatic heterocycles. The molecule has 1 amide bonds. The monoisotopic (exact) mass is 411 g/mol. The van der Waals surface area contributed by atoms with Gasteiger partial charge in [0.15, 0.2) is 5.69 Å². The number of fused-ring (bicyclic) bond motifs is 1. The molecule has 0 bridgehead atoms. The van der Waals surface area contributed by atoms with Crippen molar-refractivity contribution in [1.82, 2.24) is 24.9 Å². The number of rotatable bonds is 8. The van der Waals surface area contributed by atoms with E-state index >= 15 is 0 Å². The molecule has 0 saturated carbocycles. The quantitative estimate of drug-likeness (QED) is 0.726. The van der Waals surface area contributed by atoms with Crippen molar-refractivity contribution in [1.29, 1.82) is 0 Å². The topological polar surface area (TPSA) is 53.4 Å². The van der Waals surface area contributed by atoms with Gasteiger partial charge in [-0.25, -0.2) is 0 Å². The summed E-state index contributed by atoms with van der Waals surface area (Å²) in [6, 6.07) is 10.5. The molecule has 3 rings (SSSR count). The van der Waals surface area contributed by atoms with Gasteiger partial charge in [-0.15, -0.1) is 0 Å². The van der Waals surface area contributed by atoms with Crippen LogP contribution >= 0.6 is 0 Å². The van der Waals surface area contributed by atoms with Gasteiger partial charge in [0.2, 0.25) is 0 Å². The molecule has 0 saturated heterocycles. The van der Waals surface area contributed by atoms with Crippen molar-refractivity contribution in [2.24, 2.45) is 12.5 Å². The zero-order valence-corrected chi connectivity index (χ0v) is 19.4. The van der Waals surface area contributed by atoms with Crippen molar-refractivity contribution in [2.75, 3.05) is 34.2 Å². The molecular formula is C24H37N5O. The van der Waals surface area contributed by atoms with Crippen LogP contribution in [0.5, 0.6) is 0 Å². The lowest BCUT2D eigenvalue weighted by Crippen LogP contribution is -2.44. The Kier molecular flexibility index (Phi) is 6.98. The van der Waals surface area contributed by atoms with Crippen molar-refractivity contribution in [3.63, 3.8) is 0 Å². The summed E-state index contributed by atoms with van der Waals surface area (Å²) in [6.45, 7) is 7.19. The van der Waals surface area contributed by atoms with E-state index in [1.54, 1.807) is 4.90 Å². The molecule has 0 radical (unpaired) electrons. The third-order valence-electron chi connectivity index (χ3n) is 5.88. The standard InChI is InChI=1S/C24H37N5O/c1-24(2,17-27(3)4)16-25-19-12-13-21-20(14-19)22(26-29(21)6)23(30)28(5)15-18-10-8-7-9-11-18/h7-11,19,25H,12-17H2,1-6H3. The van der Waals surface area contributed by atoms with Crippen LogP contribution in [-0.2, 0) is 26.4 Å². The van der Waals surface area contributed by atoms with Crippen LogP contribution in [0.15, 0.2) is 30.3 Å². The van der Waals surface area contributed by atoms with Gasteiger partial charge in [-0.3, -0.25) is 9.48 Å². The first-order valence-electron chi connectivity index (χ1n) is 10.9. The molecule has 1 atom stereocenters. The molecular weight excluding hydrogens is 374 g/mol. The lowest BCUT2D eigenvalue weighted by atomic mass is 9.88. The Hall–Kier alpha value is -2.18. The Balaban J connectivity index is 1.69. The number of aryl methyl sites for hydroxylation is 1. The smallest absolute Gasteiger partial charge is 0.274 e. The maximum Gasteiger partial charge on any atom is 0.274 e. The average Bonchev–Trinajstić information content (AvgIpc) is 3.02. The minimum atomic E-state index is 0.00397. The molecule has 1 aliphatic rings. The van der Waals surface area contributed by atoms with Crippen LogP contribution in [0.2, 0.25) is 0 Å². The number of hydrogen-bond acceptors (Lipinski definition) is 4. The van der Waals surface area contributed by atoms with Gasteiger partial charge in [-0.2, -0.15) is 5.10 Å². The fraction of sp³-hybridized carbons (Fsp3) is 0.583. The SMILES string of the molecule is CN(C)CC(C)(C)CNC1CCc2c(c(C(=O)N(C)Cc3ccccc3)nn2C)C1. The number of nitrogens with zero attached hydrogens (tertiary/aromatic N) is 4. The Labute approximate surface area is 181 Å². The average molecular weight is 412 g/mol. The second-order valence-corrected chi connectivity index (χ2v) is 9.77. The van der Waals surface area contributed by atoms with E-state index < -0.39 is 0 Å². The third-order valence-corrected chi connectivity index (χ3v) is 5.88. The van der Waals surface area contributed by atoms with E-state index in [2.05, 4.69) is 43.3 Å². The molecule has 1 aliphatic carbocycles. The van der Waals surface area contributed by atoms with Crippen molar-refractivity contribution >= 4 is 5.91 Å². The molecule has 1 unspecified atom stereocenters. The van der Waals surface area contributed by atoms with Gasteiger partial charge in [0, 0.05) is 51.0 Å². The Morgan fingerprint density at radius 1 is 1.23 bits per heavy atom. The maximum atomic E-state index is 13.2. The number of carbonyl (C=O) groups is 1. The van der Waals surface area contributed by atoms with Crippen LogP contribution in [0.25, 0.3) is 0 Å². The predicted molar refractivity (Wildman–Crippen MR) is 122 cm³/mol. The van der Waals surface area contributed by atoms with Crippen LogP contribution in [0.1, 0.15) is 47.6 Å². The van der Waals surface area contributed by atoms with Crippen molar-refractivity contribution < 1.29 is 4.79 Å². The second-order valence-electron chi connectivity index (χ2n) is 9.77. The summed E-state index contributed by atoms with van der Waals surface area (Å²) in [6.07, 6.45) is 2.90. The molecule has 6 nitrogen and oxygen atoms in total. The molecule has 0 fully saturated rings. The second kappa shape index (κ2) is 9.31. The third kappa shape index (κ3) is 5.49. The van der Waals surface area contributed by atoms with Crippen LogP contribution < -0.4 is 5.32 Å². The molecule has 0 aliphatic heterocycles. The van der Waals surface area contributed by atoms with Crippen LogP contribution in [0, 0.1) is 5.41 Å². The fourth-order valence-corrected chi connectivity index (χ4v) is 4.58. The maximum absolute atomic E-state index is 13.2. The lowest BCUT2D eigenvalue weighted by molar-refractivity contribution is 0.0777. The van der Waals surface area contributed by atoms with Gasteiger partial charge in [-0.1, -0.05) is 44.2 Å². The zero-order valence-electron chi connectivity index (χ0n) is 19.4. The minimum absolute atomic E-state index is 0.00397. The van der Waals surface area contributed by atoms with E-state index in [9.17, 15) is 4.79 Å². The number of aromatic nitrogens is 2. The van der Waals surface area contributed by atoms with E-state index in [0.29, 0.717) is 18.3 Å². The summed E-state index contributed by atoms with van der Waals surface area (Å²) >= 11 is 0. The number of benzene rings is 1. The molecule has 1 N–H and O–H groups in total. The number of nitrogens with one attached hydrogen (secondary N) is 1. The van der Waals surface area contributed by atoms with Gasteiger partial charge in [0.25, 0.3) is 5.91 Å². The van der Waals surface area contributed by atoms with Crippen LogP contribution in [-0.4, -0.2) is 65.8 Å². The van der Waals surface area contributed by atoms with Crippen molar-refractivity contribution in [2.45, 2.75) is 45.7 Å². The summed E-state index contributed by atoms with van der Waals surface area (Å²) < 4.78 is 1.91. The first-order valence-corrected chi connectivity index (χ1v) is 10.9. The summed E-state index contributed by atoms with van der Waals surface area (Å²) in [4.78, 5) is 17.2. The van der Waals surface area contributed by atoms with Crippen LogP contribution in [0.4, 0.5) is 0 Å². The summed E-state index contributed by atoms with van der Waals surface area (Å²) in [5.74, 6) is 0.00397. The molecule has 164 valence electrons. The predicted octanol–water partition coefficient (Wildman–Crippen LogP) is 2.73. The highest BCUT2D eigenvalue weighted by molar-refractivity contribution is 5.94. The minimum Gasteiger partial charge on any atom is -0.336 e. The van der Waals surface area contributed by atoms with Gasteiger partial charge in [0.1, 0.15) is 0 Å². The lowest BCUT2D eigenvalue weighted by Gasteiger charge is -2.32.